The predicted molar refractivity (Wildman–Crippen MR) is 160 cm³/mol. The molecule has 1 aliphatic rings. The number of benzene rings is 4. The van der Waals surface area contributed by atoms with Gasteiger partial charge in [-0.3, -0.25) is 0 Å². The molecule has 6 rings (SSSR count). The van der Waals surface area contributed by atoms with E-state index in [4.69, 9.17) is 33.2 Å². The molecule has 0 atom stereocenters. The third-order valence-electron chi connectivity index (χ3n) is 6.43. The SMILES string of the molecule is Oc1ccc(C2=N/C(=N\c3[nH]c(-c4ccc(O)c(Cl)c4)cc3-c3ccccc3)C(c3ccccc3)=C2)cc1Cl. The fourth-order valence-corrected chi connectivity index (χ4v) is 4.80. The van der Waals surface area contributed by atoms with Crippen LogP contribution >= 0.6 is 23.2 Å². The Balaban J connectivity index is 1.52. The molecule has 1 aliphatic heterocycles. The smallest absolute Gasteiger partial charge is 0.162 e. The number of nitrogens with one attached hydrogen (secondary N) is 1. The van der Waals surface area contributed by atoms with Gasteiger partial charge in [-0.05, 0) is 65.2 Å². The van der Waals surface area contributed by atoms with Crippen LogP contribution in [0.5, 0.6) is 11.5 Å². The molecule has 0 radical (unpaired) electrons. The van der Waals surface area contributed by atoms with Gasteiger partial charge in [-0.15, -0.1) is 0 Å². The van der Waals surface area contributed by atoms with E-state index in [9.17, 15) is 10.2 Å². The van der Waals surface area contributed by atoms with Crippen LogP contribution in [0.4, 0.5) is 5.82 Å². The average molecular weight is 550 g/mol. The number of aromatic hydroxyl groups is 2. The average Bonchev–Trinajstić information content (AvgIpc) is 3.58. The lowest BCUT2D eigenvalue weighted by Gasteiger charge is -2.04. The first-order valence-electron chi connectivity index (χ1n) is 12.2. The molecule has 0 aliphatic carbocycles. The summed E-state index contributed by atoms with van der Waals surface area (Å²) in [7, 11) is 0. The third-order valence-corrected chi connectivity index (χ3v) is 7.04. The van der Waals surface area contributed by atoms with E-state index < -0.39 is 0 Å². The highest BCUT2D eigenvalue weighted by Crippen LogP contribution is 2.38. The topological polar surface area (TPSA) is 81.0 Å². The lowest BCUT2D eigenvalue weighted by atomic mass is 10.0. The number of rotatable bonds is 5. The molecule has 0 spiro atoms. The summed E-state index contributed by atoms with van der Waals surface area (Å²) in [5.41, 5.74) is 6.78. The summed E-state index contributed by atoms with van der Waals surface area (Å²) in [6.07, 6.45) is 1.97. The van der Waals surface area contributed by atoms with Crippen LogP contribution < -0.4 is 0 Å². The van der Waals surface area contributed by atoms with Crippen molar-refractivity contribution in [2.45, 2.75) is 0 Å². The van der Waals surface area contributed by atoms with Gasteiger partial charge in [-0.2, -0.15) is 0 Å². The molecule has 3 N–H and O–H groups in total. The van der Waals surface area contributed by atoms with Crippen LogP contribution in [0.1, 0.15) is 11.1 Å². The summed E-state index contributed by atoms with van der Waals surface area (Å²) < 4.78 is 0. The van der Waals surface area contributed by atoms with Gasteiger partial charge >= 0.3 is 0 Å². The van der Waals surface area contributed by atoms with E-state index in [1.165, 1.54) is 0 Å². The third kappa shape index (κ3) is 4.98. The summed E-state index contributed by atoms with van der Waals surface area (Å²) >= 11 is 12.4. The second-order valence-corrected chi connectivity index (χ2v) is 9.81. The number of hydrogen-bond donors (Lipinski definition) is 3. The zero-order valence-electron chi connectivity index (χ0n) is 20.4. The van der Waals surface area contributed by atoms with Gasteiger partial charge in [0.25, 0.3) is 0 Å². The Kier molecular flexibility index (Phi) is 6.53. The van der Waals surface area contributed by atoms with Crippen LogP contribution in [0.15, 0.2) is 119 Å². The molecule has 5 nitrogen and oxygen atoms in total. The minimum atomic E-state index is 0.0147. The molecule has 0 fully saturated rings. The van der Waals surface area contributed by atoms with E-state index in [1.54, 1.807) is 36.4 Å². The molecular weight excluding hydrogens is 529 g/mol. The van der Waals surface area contributed by atoms with Gasteiger partial charge in [-0.1, -0.05) is 83.9 Å². The Morgan fingerprint density at radius 1 is 0.641 bits per heavy atom. The number of hydrogen-bond acceptors (Lipinski definition) is 3. The normalized spacial score (nSPS) is 13.9. The highest BCUT2D eigenvalue weighted by Gasteiger charge is 2.21. The number of amidine groups is 1. The number of aliphatic imine (C=N–C) groups is 2. The zero-order chi connectivity index (χ0) is 26.9. The number of phenolic OH excluding ortho intramolecular Hbond substituents is 2. The molecule has 0 unspecified atom stereocenters. The van der Waals surface area contributed by atoms with Gasteiger partial charge in [0, 0.05) is 22.4 Å². The molecule has 0 bridgehead atoms. The van der Waals surface area contributed by atoms with E-state index in [-0.39, 0.29) is 21.5 Å². The number of aromatic amines is 1. The molecule has 0 saturated carbocycles. The van der Waals surface area contributed by atoms with E-state index in [1.807, 2.05) is 72.8 Å². The minimum Gasteiger partial charge on any atom is -0.506 e. The van der Waals surface area contributed by atoms with E-state index >= 15 is 0 Å². The van der Waals surface area contributed by atoms with E-state index in [0.29, 0.717) is 17.4 Å². The van der Waals surface area contributed by atoms with E-state index in [0.717, 1.165) is 39.1 Å². The second kappa shape index (κ2) is 10.3. The Labute approximate surface area is 235 Å². The van der Waals surface area contributed by atoms with Crippen molar-refractivity contribution >= 4 is 46.1 Å². The number of halogens is 2. The van der Waals surface area contributed by atoms with Crippen molar-refractivity contribution in [2.24, 2.45) is 9.98 Å². The molecule has 0 amide bonds. The summed E-state index contributed by atoms with van der Waals surface area (Å²) in [5, 5.41) is 20.3. The van der Waals surface area contributed by atoms with Crippen molar-refractivity contribution in [1.29, 1.82) is 0 Å². The molecule has 0 saturated heterocycles. The Morgan fingerprint density at radius 2 is 1.23 bits per heavy atom. The number of allylic oxidation sites excluding steroid dienone is 1. The first-order valence-corrected chi connectivity index (χ1v) is 12.9. The van der Waals surface area contributed by atoms with Gasteiger partial charge in [0.1, 0.15) is 17.3 Å². The first kappa shape index (κ1) is 24.7. The van der Waals surface area contributed by atoms with Gasteiger partial charge in [0.2, 0.25) is 0 Å². The van der Waals surface area contributed by atoms with Crippen molar-refractivity contribution in [3.05, 3.63) is 130 Å². The summed E-state index contributed by atoms with van der Waals surface area (Å²) in [5.74, 6) is 1.21. The van der Waals surface area contributed by atoms with Crippen LogP contribution in [-0.4, -0.2) is 26.7 Å². The van der Waals surface area contributed by atoms with Gasteiger partial charge in [0.15, 0.2) is 5.84 Å². The largest absolute Gasteiger partial charge is 0.506 e. The number of nitrogens with zero attached hydrogens (tertiary/aromatic N) is 2. The Hall–Kier alpha value is -4.58. The Bertz CT molecular complexity index is 1790. The number of phenols is 2. The van der Waals surface area contributed by atoms with Crippen LogP contribution in [0, 0.1) is 0 Å². The quantitative estimate of drug-likeness (QED) is 0.205. The predicted octanol–water partition coefficient (Wildman–Crippen LogP) is 8.68. The van der Waals surface area contributed by atoms with Crippen LogP contribution in [0.25, 0.3) is 28.0 Å². The monoisotopic (exact) mass is 549 g/mol. The highest BCUT2D eigenvalue weighted by molar-refractivity contribution is 6.39. The van der Waals surface area contributed by atoms with Crippen molar-refractivity contribution < 1.29 is 10.2 Å². The van der Waals surface area contributed by atoms with E-state index in [2.05, 4.69) is 4.98 Å². The van der Waals surface area contributed by atoms with Crippen LogP contribution in [-0.2, 0) is 0 Å². The number of aromatic nitrogens is 1. The standard InChI is InChI=1S/C32H21Cl2N3O2/c33-25-15-21(11-13-29(25)38)27-17-23(19-7-3-1-4-8-19)31(35-27)37-32-24(20-9-5-2-6-10-20)18-28(36-32)22-12-14-30(39)26(34)16-22/h1-18,35,38-39H/b37-32-. The maximum atomic E-state index is 9.90. The molecule has 4 aromatic carbocycles. The van der Waals surface area contributed by atoms with Crippen LogP contribution in [0.3, 0.4) is 0 Å². The summed E-state index contributed by atoms with van der Waals surface area (Å²) in [4.78, 5) is 13.4. The Morgan fingerprint density at radius 3 is 1.87 bits per heavy atom. The highest BCUT2D eigenvalue weighted by atomic mass is 35.5. The molecule has 39 heavy (non-hydrogen) atoms. The lowest BCUT2D eigenvalue weighted by Crippen LogP contribution is -1.96. The molecule has 190 valence electrons. The van der Waals surface area contributed by atoms with Crippen molar-refractivity contribution in [1.82, 2.24) is 4.98 Å². The van der Waals surface area contributed by atoms with Crippen molar-refractivity contribution in [2.75, 3.05) is 0 Å². The fraction of sp³-hybridized carbons (Fsp3) is 0. The fourth-order valence-electron chi connectivity index (χ4n) is 4.44. The van der Waals surface area contributed by atoms with Gasteiger partial charge in [0.05, 0.1) is 15.8 Å². The first-order chi connectivity index (χ1) is 19.0. The maximum Gasteiger partial charge on any atom is 0.162 e. The maximum absolute atomic E-state index is 9.90. The summed E-state index contributed by atoms with van der Waals surface area (Å²) in [6, 6.07) is 32.0. The number of H-pyrrole nitrogens is 1. The molecule has 5 aromatic rings. The lowest BCUT2D eigenvalue weighted by molar-refractivity contribution is 0.475. The molecule has 7 heteroatoms. The zero-order valence-corrected chi connectivity index (χ0v) is 21.9. The molecular formula is C32H21Cl2N3O2. The van der Waals surface area contributed by atoms with Gasteiger partial charge < -0.3 is 15.2 Å². The minimum absolute atomic E-state index is 0.0147. The van der Waals surface area contributed by atoms with Crippen molar-refractivity contribution in [3.63, 3.8) is 0 Å². The van der Waals surface area contributed by atoms with Gasteiger partial charge in [-0.25, -0.2) is 9.98 Å². The summed E-state index contributed by atoms with van der Waals surface area (Å²) in [6.45, 7) is 0. The molecule has 1 aromatic heterocycles. The van der Waals surface area contributed by atoms with Crippen molar-refractivity contribution in [3.8, 4) is 33.9 Å². The van der Waals surface area contributed by atoms with Crippen LogP contribution in [0.2, 0.25) is 10.0 Å². The second-order valence-electron chi connectivity index (χ2n) is 9.00. The molecule has 2 heterocycles.